The van der Waals surface area contributed by atoms with Crippen LogP contribution >= 0.6 is 0 Å². The molecular weight excluding hydrogens is 212 g/mol. The number of amides is 1. The Morgan fingerprint density at radius 2 is 2.12 bits per heavy atom. The average molecular weight is 240 g/mol. The highest BCUT2D eigenvalue weighted by molar-refractivity contribution is 5.76. The first kappa shape index (κ1) is 14.5. The zero-order valence-electron chi connectivity index (χ0n) is 11.4. The first-order valence-corrected chi connectivity index (χ1v) is 7.16. The number of nitrogens with one attached hydrogen (secondary N) is 1. The van der Waals surface area contributed by atoms with Gasteiger partial charge < -0.3 is 11.1 Å². The number of hydrogen-bond acceptors (Lipinski definition) is 2. The largest absolute Gasteiger partial charge is 0.353 e. The van der Waals surface area contributed by atoms with Gasteiger partial charge in [0.25, 0.3) is 0 Å². The van der Waals surface area contributed by atoms with Gasteiger partial charge in [0.2, 0.25) is 5.91 Å². The normalized spacial score (nSPS) is 19.5. The van der Waals surface area contributed by atoms with Crippen LogP contribution in [0.2, 0.25) is 0 Å². The third kappa shape index (κ3) is 5.07. The number of carbonyl (C=O) groups excluding carboxylic acids is 1. The molecule has 0 saturated heterocycles. The van der Waals surface area contributed by atoms with Gasteiger partial charge in [0.15, 0.2) is 0 Å². The fourth-order valence-electron chi connectivity index (χ4n) is 2.51. The van der Waals surface area contributed by atoms with Crippen LogP contribution in [0.15, 0.2) is 0 Å². The first-order chi connectivity index (χ1) is 8.17. The van der Waals surface area contributed by atoms with E-state index in [1.54, 1.807) is 0 Å². The Morgan fingerprint density at radius 1 is 1.41 bits per heavy atom. The van der Waals surface area contributed by atoms with E-state index < -0.39 is 0 Å². The lowest BCUT2D eigenvalue weighted by Gasteiger charge is -2.32. The molecular formula is C14H28N2O. The summed E-state index contributed by atoms with van der Waals surface area (Å²) >= 11 is 0. The molecule has 1 rings (SSSR count). The van der Waals surface area contributed by atoms with Gasteiger partial charge in [-0.1, -0.05) is 19.8 Å². The molecule has 0 aromatic carbocycles. The lowest BCUT2D eigenvalue weighted by atomic mass is 9.80. The lowest BCUT2D eigenvalue weighted by Crippen LogP contribution is -2.40. The van der Waals surface area contributed by atoms with Crippen LogP contribution in [-0.4, -0.2) is 18.5 Å². The summed E-state index contributed by atoms with van der Waals surface area (Å²) in [5.41, 5.74) is 5.56. The van der Waals surface area contributed by atoms with Gasteiger partial charge in [-0.2, -0.15) is 0 Å². The summed E-state index contributed by atoms with van der Waals surface area (Å²) in [7, 11) is 0. The quantitative estimate of drug-likeness (QED) is 0.684. The molecule has 0 heterocycles. The third-order valence-corrected chi connectivity index (χ3v) is 4.18. The number of rotatable bonds is 8. The topological polar surface area (TPSA) is 55.1 Å². The third-order valence-electron chi connectivity index (χ3n) is 4.18. The Labute approximate surface area is 106 Å². The standard InChI is InChI=1S/C14H28N2O/c1-3-12(9-10-15)7-8-14(17)16-11(2)13-5-4-6-13/h11-13H,3-10,15H2,1-2H3,(H,16,17). The van der Waals surface area contributed by atoms with Crippen LogP contribution in [0.5, 0.6) is 0 Å². The van der Waals surface area contributed by atoms with Gasteiger partial charge in [0.05, 0.1) is 0 Å². The molecule has 3 heteroatoms. The number of carbonyl (C=O) groups is 1. The molecule has 1 saturated carbocycles. The maximum absolute atomic E-state index is 11.8. The summed E-state index contributed by atoms with van der Waals surface area (Å²) in [6.45, 7) is 5.05. The molecule has 1 aliphatic rings. The smallest absolute Gasteiger partial charge is 0.220 e. The maximum Gasteiger partial charge on any atom is 0.220 e. The van der Waals surface area contributed by atoms with Crippen LogP contribution in [0.4, 0.5) is 0 Å². The van der Waals surface area contributed by atoms with Crippen molar-refractivity contribution >= 4 is 5.91 Å². The molecule has 0 radical (unpaired) electrons. The second-order valence-electron chi connectivity index (χ2n) is 5.44. The van der Waals surface area contributed by atoms with Crippen LogP contribution in [0.1, 0.15) is 58.8 Å². The Hall–Kier alpha value is -0.570. The van der Waals surface area contributed by atoms with Gasteiger partial charge in [0.1, 0.15) is 0 Å². The van der Waals surface area contributed by atoms with Crippen molar-refractivity contribution < 1.29 is 4.79 Å². The molecule has 0 aromatic rings. The summed E-state index contributed by atoms with van der Waals surface area (Å²) in [6, 6.07) is 0.367. The van der Waals surface area contributed by atoms with E-state index in [1.165, 1.54) is 19.3 Å². The van der Waals surface area contributed by atoms with Crippen LogP contribution in [0.3, 0.4) is 0 Å². The summed E-state index contributed by atoms with van der Waals surface area (Å²) in [5.74, 6) is 1.56. The van der Waals surface area contributed by atoms with Crippen LogP contribution in [-0.2, 0) is 4.79 Å². The monoisotopic (exact) mass is 240 g/mol. The van der Waals surface area contributed by atoms with Crippen molar-refractivity contribution in [3.8, 4) is 0 Å². The zero-order valence-corrected chi connectivity index (χ0v) is 11.4. The number of hydrogen-bond donors (Lipinski definition) is 2. The second-order valence-corrected chi connectivity index (χ2v) is 5.44. The van der Waals surface area contributed by atoms with Crippen molar-refractivity contribution in [1.82, 2.24) is 5.32 Å². The first-order valence-electron chi connectivity index (χ1n) is 7.16. The Morgan fingerprint density at radius 3 is 2.59 bits per heavy atom. The van der Waals surface area contributed by atoms with Crippen molar-refractivity contribution in [2.75, 3.05) is 6.54 Å². The molecule has 0 spiro atoms. The molecule has 2 atom stereocenters. The Kier molecular flexibility index (Phi) is 6.56. The Balaban J connectivity index is 2.14. The minimum atomic E-state index is 0.222. The molecule has 2 unspecified atom stereocenters. The molecule has 0 bridgehead atoms. The van der Waals surface area contributed by atoms with Crippen LogP contribution < -0.4 is 11.1 Å². The van der Waals surface area contributed by atoms with Gasteiger partial charge >= 0.3 is 0 Å². The predicted octanol–water partition coefficient (Wildman–Crippen LogP) is 2.45. The summed E-state index contributed by atoms with van der Waals surface area (Å²) in [4.78, 5) is 11.8. The van der Waals surface area contributed by atoms with Crippen LogP contribution in [0, 0.1) is 11.8 Å². The molecule has 0 aliphatic heterocycles. The zero-order chi connectivity index (χ0) is 12.7. The van der Waals surface area contributed by atoms with E-state index in [0.29, 0.717) is 18.4 Å². The van der Waals surface area contributed by atoms with Gasteiger partial charge in [-0.15, -0.1) is 0 Å². The van der Waals surface area contributed by atoms with Crippen molar-refractivity contribution in [3.05, 3.63) is 0 Å². The summed E-state index contributed by atoms with van der Waals surface area (Å²) in [5, 5.41) is 3.13. The van der Waals surface area contributed by atoms with Gasteiger partial charge in [0, 0.05) is 12.5 Å². The highest BCUT2D eigenvalue weighted by Gasteiger charge is 2.24. The van der Waals surface area contributed by atoms with E-state index in [1.807, 2.05) is 0 Å². The molecule has 100 valence electrons. The van der Waals surface area contributed by atoms with Gasteiger partial charge in [-0.25, -0.2) is 0 Å². The fraction of sp³-hybridized carbons (Fsp3) is 0.929. The SMILES string of the molecule is CCC(CCN)CCC(=O)NC(C)C1CCC1. The van der Waals surface area contributed by atoms with Crippen molar-refractivity contribution in [3.63, 3.8) is 0 Å². The molecule has 1 fully saturated rings. The molecule has 0 aromatic heterocycles. The van der Waals surface area contributed by atoms with E-state index in [2.05, 4.69) is 19.2 Å². The van der Waals surface area contributed by atoms with Crippen molar-refractivity contribution in [2.45, 2.75) is 64.8 Å². The van der Waals surface area contributed by atoms with Gasteiger partial charge in [-0.05, 0) is 51.0 Å². The van der Waals surface area contributed by atoms with E-state index in [-0.39, 0.29) is 5.91 Å². The molecule has 1 aliphatic carbocycles. The highest BCUT2D eigenvalue weighted by atomic mass is 16.1. The van der Waals surface area contributed by atoms with Crippen molar-refractivity contribution in [1.29, 1.82) is 0 Å². The minimum Gasteiger partial charge on any atom is -0.353 e. The summed E-state index contributed by atoms with van der Waals surface area (Å²) in [6.07, 6.45) is 7.72. The molecule has 3 nitrogen and oxygen atoms in total. The predicted molar refractivity (Wildman–Crippen MR) is 71.6 cm³/mol. The highest BCUT2D eigenvalue weighted by Crippen LogP contribution is 2.29. The average Bonchev–Trinajstić information content (AvgIpc) is 2.21. The lowest BCUT2D eigenvalue weighted by molar-refractivity contribution is -0.122. The van der Waals surface area contributed by atoms with Crippen LogP contribution in [0.25, 0.3) is 0 Å². The maximum atomic E-state index is 11.8. The van der Waals surface area contributed by atoms with Crippen molar-refractivity contribution in [2.24, 2.45) is 17.6 Å². The van der Waals surface area contributed by atoms with Gasteiger partial charge in [-0.3, -0.25) is 4.79 Å². The second kappa shape index (κ2) is 7.70. The van der Waals surface area contributed by atoms with E-state index >= 15 is 0 Å². The summed E-state index contributed by atoms with van der Waals surface area (Å²) < 4.78 is 0. The van der Waals surface area contributed by atoms with E-state index in [4.69, 9.17) is 5.73 Å². The number of nitrogens with two attached hydrogens (primary N) is 1. The Bertz CT molecular complexity index is 226. The van der Waals surface area contributed by atoms with E-state index in [0.717, 1.165) is 31.7 Å². The molecule has 17 heavy (non-hydrogen) atoms. The molecule has 3 N–H and O–H groups in total. The van der Waals surface area contributed by atoms with E-state index in [9.17, 15) is 4.79 Å². The minimum absolute atomic E-state index is 0.222. The molecule has 1 amide bonds. The fourth-order valence-corrected chi connectivity index (χ4v) is 2.51.